The first-order valence-corrected chi connectivity index (χ1v) is 10.7. The molecule has 8 heteroatoms. The molecule has 30 heavy (non-hydrogen) atoms. The lowest BCUT2D eigenvalue weighted by Crippen LogP contribution is -2.24. The first-order chi connectivity index (χ1) is 14.4. The molecule has 0 unspecified atom stereocenters. The highest BCUT2D eigenvalue weighted by molar-refractivity contribution is 8.00. The number of hydrogen-bond donors (Lipinski definition) is 2. The number of nitrogen functional groups attached to an aromatic ring is 1. The predicted octanol–water partition coefficient (Wildman–Crippen LogP) is 3.87. The van der Waals surface area contributed by atoms with Gasteiger partial charge in [0, 0.05) is 5.69 Å². The van der Waals surface area contributed by atoms with Crippen LogP contribution >= 0.6 is 11.8 Å². The fraction of sp³-hybridized carbons (Fsp3) is 0.318. The summed E-state index contributed by atoms with van der Waals surface area (Å²) in [6, 6.07) is 13.8. The molecule has 0 saturated carbocycles. The number of aryl methyl sites for hydroxylation is 3. The van der Waals surface area contributed by atoms with Gasteiger partial charge >= 0.3 is 0 Å². The Hall–Kier alpha value is -3.00. The van der Waals surface area contributed by atoms with Gasteiger partial charge in [-0.3, -0.25) is 4.79 Å². The monoisotopic (exact) mass is 425 g/mol. The van der Waals surface area contributed by atoms with E-state index in [2.05, 4.69) is 28.5 Å². The van der Waals surface area contributed by atoms with Gasteiger partial charge < -0.3 is 15.9 Å². The zero-order chi connectivity index (χ0) is 21.7. The molecule has 3 N–H and O–H groups in total. The molecule has 3 rings (SSSR count). The van der Waals surface area contributed by atoms with E-state index in [-0.39, 0.29) is 12.5 Å². The van der Waals surface area contributed by atoms with E-state index in [0.29, 0.717) is 11.0 Å². The van der Waals surface area contributed by atoms with Crippen LogP contribution in [0.5, 0.6) is 5.75 Å². The van der Waals surface area contributed by atoms with E-state index in [1.165, 1.54) is 27.6 Å². The third-order valence-electron chi connectivity index (χ3n) is 4.70. The Morgan fingerprint density at radius 2 is 1.93 bits per heavy atom. The number of aromatic nitrogens is 3. The van der Waals surface area contributed by atoms with Crippen LogP contribution in [0.15, 0.2) is 47.6 Å². The largest absolute Gasteiger partial charge is 0.485 e. The van der Waals surface area contributed by atoms with E-state index in [9.17, 15) is 4.79 Å². The lowest BCUT2D eigenvalue weighted by Gasteiger charge is -2.12. The molecule has 0 aliphatic rings. The summed E-state index contributed by atoms with van der Waals surface area (Å²) in [5, 5.41) is 11.2. The molecule has 0 spiro atoms. The SMILES string of the molecule is CCc1ccc(NC(=O)[C@H](C)Sc2nnc(COc3ccc(C)cc3C)n2N)cc1. The summed E-state index contributed by atoms with van der Waals surface area (Å²) in [7, 11) is 0. The standard InChI is InChI=1S/C22H27N5O2S/c1-5-17-7-9-18(10-8-17)24-21(28)16(4)30-22-26-25-20(27(22)23)13-29-19-11-6-14(2)12-15(19)3/h6-12,16H,5,13,23H2,1-4H3,(H,24,28)/t16-/m0/s1. The molecule has 1 amide bonds. The molecule has 1 heterocycles. The maximum atomic E-state index is 12.5. The van der Waals surface area contributed by atoms with Gasteiger partial charge in [-0.15, -0.1) is 10.2 Å². The number of carbonyl (C=O) groups excluding carboxylic acids is 1. The second-order valence-corrected chi connectivity index (χ2v) is 8.43. The molecule has 2 aromatic carbocycles. The number of nitrogens with one attached hydrogen (secondary N) is 1. The maximum absolute atomic E-state index is 12.5. The topological polar surface area (TPSA) is 95.1 Å². The highest BCUT2D eigenvalue weighted by atomic mass is 32.2. The summed E-state index contributed by atoms with van der Waals surface area (Å²) < 4.78 is 7.20. The van der Waals surface area contributed by atoms with Crippen LogP contribution in [0.3, 0.4) is 0 Å². The average molecular weight is 426 g/mol. The smallest absolute Gasteiger partial charge is 0.237 e. The van der Waals surface area contributed by atoms with Crippen molar-refractivity contribution in [2.75, 3.05) is 11.2 Å². The average Bonchev–Trinajstić information content (AvgIpc) is 3.07. The summed E-state index contributed by atoms with van der Waals surface area (Å²) in [4.78, 5) is 12.5. The van der Waals surface area contributed by atoms with Crippen LogP contribution in [0.2, 0.25) is 0 Å². The lowest BCUT2D eigenvalue weighted by molar-refractivity contribution is -0.115. The minimum Gasteiger partial charge on any atom is -0.485 e. The van der Waals surface area contributed by atoms with Crippen molar-refractivity contribution < 1.29 is 9.53 Å². The summed E-state index contributed by atoms with van der Waals surface area (Å²) in [5.74, 6) is 7.26. The molecule has 158 valence electrons. The van der Waals surface area contributed by atoms with Crippen LogP contribution < -0.4 is 15.9 Å². The van der Waals surface area contributed by atoms with Gasteiger partial charge in [0.25, 0.3) is 0 Å². The fourth-order valence-corrected chi connectivity index (χ4v) is 3.66. The Labute approximate surface area is 181 Å². The number of benzene rings is 2. The van der Waals surface area contributed by atoms with Crippen LogP contribution in [0.25, 0.3) is 0 Å². The van der Waals surface area contributed by atoms with Crippen molar-refractivity contribution in [1.29, 1.82) is 0 Å². The normalized spacial score (nSPS) is 11.9. The zero-order valence-corrected chi connectivity index (χ0v) is 18.5. The van der Waals surface area contributed by atoms with E-state index in [1.54, 1.807) is 6.92 Å². The number of rotatable bonds is 8. The summed E-state index contributed by atoms with van der Waals surface area (Å²) in [6.07, 6.45) is 0.960. The molecule has 0 aliphatic heterocycles. The summed E-state index contributed by atoms with van der Waals surface area (Å²) >= 11 is 1.25. The predicted molar refractivity (Wildman–Crippen MR) is 120 cm³/mol. The van der Waals surface area contributed by atoms with Crippen molar-refractivity contribution in [3.05, 3.63) is 65.0 Å². The number of nitrogens with zero attached hydrogens (tertiary/aromatic N) is 3. The van der Waals surface area contributed by atoms with Gasteiger partial charge in [0.15, 0.2) is 5.82 Å². The van der Waals surface area contributed by atoms with Crippen molar-refractivity contribution in [2.24, 2.45) is 0 Å². The Bertz CT molecular complexity index is 1020. The molecule has 0 radical (unpaired) electrons. The number of anilines is 1. The molecular formula is C22H27N5O2S. The third kappa shape index (κ3) is 5.33. The maximum Gasteiger partial charge on any atom is 0.237 e. The van der Waals surface area contributed by atoms with E-state index in [0.717, 1.165) is 23.4 Å². The van der Waals surface area contributed by atoms with Crippen molar-refractivity contribution in [1.82, 2.24) is 14.9 Å². The van der Waals surface area contributed by atoms with E-state index < -0.39 is 5.25 Å². The van der Waals surface area contributed by atoms with Crippen molar-refractivity contribution in [3.63, 3.8) is 0 Å². The molecule has 0 aliphatic carbocycles. The van der Waals surface area contributed by atoms with Crippen molar-refractivity contribution in [2.45, 2.75) is 51.1 Å². The second-order valence-electron chi connectivity index (χ2n) is 7.13. The Morgan fingerprint density at radius 3 is 2.60 bits per heavy atom. The molecule has 7 nitrogen and oxygen atoms in total. The highest BCUT2D eigenvalue weighted by Crippen LogP contribution is 2.24. The number of hydrogen-bond acceptors (Lipinski definition) is 6. The minimum absolute atomic E-state index is 0.125. The van der Waals surface area contributed by atoms with Crippen molar-refractivity contribution >= 4 is 23.4 Å². The van der Waals surface area contributed by atoms with Gasteiger partial charge in [-0.25, -0.2) is 4.68 Å². The molecule has 3 aromatic rings. The zero-order valence-electron chi connectivity index (χ0n) is 17.7. The summed E-state index contributed by atoms with van der Waals surface area (Å²) in [5.41, 5.74) is 4.21. The number of nitrogens with two attached hydrogens (primary N) is 1. The minimum atomic E-state index is -0.393. The van der Waals surface area contributed by atoms with Crippen LogP contribution in [0.4, 0.5) is 5.69 Å². The van der Waals surface area contributed by atoms with Gasteiger partial charge in [-0.2, -0.15) is 0 Å². The van der Waals surface area contributed by atoms with E-state index >= 15 is 0 Å². The fourth-order valence-electron chi connectivity index (χ4n) is 2.87. The van der Waals surface area contributed by atoms with Gasteiger partial charge in [-0.1, -0.05) is 48.5 Å². The number of ether oxygens (including phenoxy) is 1. The van der Waals surface area contributed by atoms with Gasteiger partial charge in [0.2, 0.25) is 11.1 Å². The van der Waals surface area contributed by atoms with Crippen LogP contribution in [0.1, 0.15) is 36.4 Å². The quantitative estimate of drug-likeness (QED) is 0.420. The lowest BCUT2D eigenvalue weighted by atomic mass is 10.1. The molecule has 0 saturated heterocycles. The highest BCUT2D eigenvalue weighted by Gasteiger charge is 2.20. The number of amides is 1. The first-order valence-electron chi connectivity index (χ1n) is 9.83. The Morgan fingerprint density at radius 1 is 1.20 bits per heavy atom. The molecule has 0 bridgehead atoms. The Balaban J connectivity index is 1.58. The number of thioether (sulfide) groups is 1. The molecule has 1 aromatic heterocycles. The van der Waals surface area contributed by atoms with E-state index in [1.807, 2.05) is 50.2 Å². The van der Waals surface area contributed by atoms with Gasteiger partial charge in [0.05, 0.1) is 5.25 Å². The second kappa shape index (κ2) is 9.67. The van der Waals surface area contributed by atoms with Gasteiger partial charge in [-0.05, 0) is 56.5 Å². The van der Waals surface area contributed by atoms with Crippen molar-refractivity contribution in [3.8, 4) is 5.75 Å². The summed E-state index contributed by atoms with van der Waals surface area (Å²) in [6.45, 7) is 8.12. The van der Waals surface area contributed by atoms with Crippen LogP contribution in [-0.2, 0) is 17.8 Å². The molecular weight excluding hydrogens is 398 g/mol. The Kier molecular flexibility index (Phi) is 6.99. The van der Waals surface area contributed by atoms with E-state index in [4.69, 9.17) is 10.6 Å². The third-order valence-corrected chi connectivity index (χ3v) is 5.76. The number of carbonyl (C=O) groups is 1. The molecule has 0 fully saturated rings. The molecule has 1 atom stereocenters. The van der Waals surface area contributed by atoms with Gasteiger partial charge in [0.1, 0.15) is 12.4 Å². The first kappa shape index (κ1) is 21.7. The van der Waals surface area contributed by atoms with Crippen LogP contribution in [0, 0.1) is 13.8 Å². The van der Waals surface area contributed by atoms with Crippen LogP contribution in [-0.4, -0.2) is 26.0 Å².